The molecule has 1 aliphatic rings. The lowest BCUT2D eigenvalue weighted by molar-refractivity contribution is -0.383. The molecule has 0 aromatic carbocycles. The molecular weight excluding hydrogens is 290 g/mol. The van der Waals surface area contributed by atoms with Gasteiger partial charge in [-0.1, -0.05) is 0 Å². The van der Waals surface area contributed by atoms with Gasteiger partial charge in [0.05, 0.1) is 11.0 Å². The summed E-state index contributed by atoms with van der Waals surface area (Å²) < 4.78 is 0. The minimum absolute atomic E-state index is 0.127. The van der Waals surface area contributed by atoms with Crippen LogP contribution in [0.5, 0.6) is 0 Å². The zero-order chi connectivity index (χ0) is 15.6. The van der Waals surface area contributed by atoms with E-state index in [-0.39, 0.29) is 10.6 Å². The fraction of sp³-hybridized carbons (Fsp3) is 0.714. The number of nitrogens with zero attached hydrogens (tertiary/aromatic N) is 3. The third-order valence-corrected chi connectivity index (χ3v) is 5.20. The molecule has 0 unspecified atom stereocenters. The van der Waals surface area contributed by atoms with Crippen molar-refractivity contribution < 1.29 is 10.0 Å². The van der Waals surface area contributed by atoms with Crippen LogP contribution in [0.4, 0.5) is 10.7 Å². The van der Waals surface area contributed by atoms with Gasteiger partial charge >= 0.3 is 5.69 Å². The first kappa shape index (κ1) is 16.2. The fourth-order valence-corrected chi connectivity index (χ4v) is 3.90. The van der Waals surface area contributed by atoms with Crippen LogP contribution in [-0.4, -0.2) is 48.7 Å². The van der Waals surface area contributed by atoms with Crippen LogP contribution in [0.15, 0.2) is 6.07 Å². The first-order chi connectivity index (χ1) is 9.88. The number of piperidine rings is 1. The number of aliphatic hydroxyl groups is 1. The lowest BCUT2D eigenvalue weighted by Gasteiger charge is -2.33. The average Bonchev–Trinajstić information content (AvgIpc) is 2.84. The summed E-state index contributed by atoms with van der Waals surface area (Å²) in [5, 5.41) is 21.5. The Hall–Kier alpha value is -1.18. The predicted octanol–water partition coefficient (Wildman–Crippen LogP) is 2.49. The van der Waals surface area contributed by atoms with Crippen molar-refractivity contribution in [3.8, 4) is 0 Å². The maximum absolute atomic E-state index is 11.2. The highest BCUT2D eigenvalue weighted by Crippen LogP contribution is 2.41. The highest BCUT2D eigenvalue weighted by molar-refractivity contribution is 7.16. The van der Waals surface area contributed by atoms with Gasteiger partial charge in [0.2, 0.25) is 0 Å². The number of rotatable bonds is 5. The molecule has 0 amide bonds. The lowest BCUT2D eigenvalue weighted by atomic mass is 9.96. The molecule has 1 aromatic heterocycles. The van der Waals surface area contributed by atoms with E-state index in [9.17, 15) is 15.2 Å². The summed E-state index contributed by atoms with van der Waals surface area (Å²) in [6.07, 6.45) is 1.45. The zero-order valence-corrected chi connectivity index (χ0v) is 13.6. The Morgan fingerprint density at radius 2 is 2.14 bits per heavy atom. The third kappa shape index (κ3) is 3.93. The number of thiophene rings is 1. The summed E-state index contributed by atoms with van der Waals surface area (Å²) in [5.74, 6) is 0.659. The van der Waals surface area contributed by atoms with Crippen molar-refractivity contribution in [3.63, 3.8) is 0 Å². The molecule has 0 bridgehead atoms. The van der Waals surface area contributed by atoms with Crippen molar-refractivity contribution in [2.75, 3.05) is 38.6 Å². The van der Waals surface area contributed by atoms with E-state index >= 15 is 0 Å². The van der Waals surface area contributed by atoms with Crippen LogP contribution in [0.1, 0.15) is 30.7 Å². The van der Waals surface area contributed by atoms with E-state index in [2.05, 4.69) is 23.9 Å². The van der Waals surface area contributed by atoms with Crippen LogP contribution in [0.3, 0.4) is 0 Å². The normalized spacial score (nSPS) is 18.2. The van der Waals surface area contributed by atoms with Gasteiger partial charge in [0.25, 0.3) is 0 Å². The predicted molar refractivity (Wildman–Crippen MR) is 85.1 cm³/mol. The van der Waals surface area contributed by atoms with Crippen LogP contribution < -0.4 is 4.90 Å². The SMILES string of the molecule is C[C@@H](O)c1cc([N+](=O)[O-])c(N2CCC(CN(C)C)CC2)s1. The number of anilines is 1. The molecule has 6 nitrogen and oxygen atoms in total. The maximum Gasteiger partial charge on any atom is 0.304 e. The van der Waals surface area contributed by atoms with Gasteiger partial charge in [-0.05, 0) is 39.8 Å². The summed E-state index contributed by atoms with van der Waals surface area (Å²) in [6, 6.07) is 1.51. The highest BCUT2D eigenvalue weighted by atomic mass is 32.1. The summed E-state index contributed by atoms with van der Waals surface area (Å²) >= 11 is 1.34. The van der Waals surface area contributed by atoms with Gasteiger partial charge in [-0.15, -0.1) is 11.3 Å². The fourth-order valence-electron chi connectivity index (χ4n) is 2.79. The summed E-state index contributed by atoms with van der Waals surface area (Å²) in [6.45, 7) is 4.40. The second-order valence-electron chi connectivity index (χ2n) is 5.96. The number of hydrogen-bond donors (Lipinski definition) is 1. The molecule has 0 spiro atoms. The van der Waals surface area contributed by atoms with Crippen LogP contribution >= 0.6 is 11.3 Å². The molecule has 2 rings (SSSR count). The Labute approximate surface area is 129 Å². The van der Waals surface area contributed by atoms with Gasteiger partial charge < -0.3 is 14.9 Å². The van der Waals surface area contributed by atoms with E-state index in [4.69, 9.17) is 0 Å². The van der Waals surface area contributed by atoms with Crippen LogP contribution in [0.2, 0.25) is 0 Å². The first-order valence-electron chi connectivity index (χ1n) is 7.24. The van der Waals surface area contributed by atoms with Crippen LogP contribution in [-0.2, 0) is 0 Å². The number of hydrogen-bond acceptors (Lipinski definition) is 6. The minimum atomic E-state index is -0.659. The van der Waals surface area contributed by atoms with Crippen LogP contribution in [0.25, 0.3) is 0 Å². The van der Waals surface area contributed by atoms with Gasteiger partial charge in [-0.2, -0.15) is 0 Å². The molecular formula is C14H23N3O3S. The maximum atomic E-state index is 11.2. The number of nitro groups is 1. The van der Waals surface area contributed by atoms with Gasteiger partial charge in [-0.25, -0.2) is 0 Å². The van der Waals surface area contributed by atoms with E-state index < -0.39 is 6.10 Å². The Morgan fingerprint density at radius 3 is 2.62 bits per heavy atom. The molecule has 21 heavy (non-hydrogen) atoms. The Balaban J connectivity index is 2.10. The van der Waals surface area contributed by atoms with E-state index in [0.29, 0.717) is 15.8 Å². The highest BCUT2D eigenvalue weighted by Gasteiger charge is 2.28. The van der Waals surface area contributed by atoms with Gasteiger partial charge in [0.15, 0.2) is 5.00 Å². The molecule has 0 saturated carbocycles. The molecule has 1 atom stereocenters. The molecule has 1 fully saturated rings. The van der Waals surface area contributed by atoms with E-state index in [1.807, 2.05) is 0 Å². The summed E-state index contributed by atoms with van der Waals surface area (Å²) in [5.41, 5.74) is 0.127. The molecule has 0 aliphatic carbocycles. The third-order valence-electron chi connectivity index (χ3n) is 3.85. The average molecular weight is 313 g/mol. The Morgan fingerprint density at radius 1 is 1.52 bits per heavy atom. The summed E-state index contributed by atoms with van der Waals surface area (Å²) in [7, 11) is 4.15. The molecule has 2 heterocycles. The molecule has 1 aliphatic heterocycles. The largest absolute Gasteiger partial charge is 0.388 e. The monoisotopic (exact) mass is 313 g/mol. The van der Waals surface area contributed by atoms with Crippen LogP contribution in [0, 0.1) is 16.0 Å². The zero-order valence-electron chi connectivity index (χ0n) is 12.8. The Bertz CT molecular complexity index is 494. The Kier molecular flexibility index (Phi) is 5.18. The molecule has 1 saturated heterocycles. The standard InChI is InChI=1S/C14H23N3O3S/c1-10(18)13-8-12(17(19)20)14(21-13)16-6-4-11(5-7-16)9-15(2)3/h8,10-11,18H,4-7,9H2,1-3H3/t10-/m1/s1. The van der Waals surface area contributed by atoms with Crippen molar-refractivity contribution in [2.24, 2.45) is 5.92 Å². The van der Waals surface area contributed by atoms with Gasteiger partial charge in [0.1, 0.15) is 0 Å². The van der Waals surface area contributed by atoms with Gasteiger partial charge in [-0.3, -0.25) is 10.1 Å². The smallest absolute Gasteiger partial charge is 0.304 e. The topological polar surface area (TPSA) is 69.8 Å². The van der Waals surface area contributed by atoms with Crippen molar-refractivity contribution in [2.45, 2.75) is 25.9 Å². The minimum Gasteiger partial charge on any atom is -0.388 e. The van der Waals surface area contributed by atoms with Crippen molar-refractivity contribution in [3.05, 3.63) is 21.1 Å². The molecule has 118 valence electrons. The quantitative estimate of drug-likeness (QED) is 0.668. The second-order valence-corrected chi connectivity index (χ2v) is 7.03. The van der Waals surface area contributed by atoms with Crippen molar-refractivity contribution in [1.82, 2.24) is 4.90 Å². The molecule has 1 N–H and O–H groups in total. The lowest BCUT2D eigenvalue weighted by Crippen LogP contribution is -2.36. The van der Waals surface area contributed by atoms with E-state index in [0.717, 1.165) is 32.5 Å². The first-order valence-corrected chi connectivity index (χ1v) is 8.06. The second kappa shape index (κ2) is 6.72. The van der Waals surface area contributed by atoms with E-state index in [1.54, 1.807) is 6.92 Å². The summed E-state index contributed by atoms with van der Waals surface area (Å²) in [4.78, 5) is 15.8. The number of aliphatic hydroxyl groups excluding tert-OH is 1. The van der Waals surface area contributed by atoms with Gasteiger partial charge in [0, 0.05) is 30.6 Å². The molecule has 7 heteroatoms. The van der Waals surface area contributed by atoms with E-state index in [1.165, 1.54) is 17.4 Å². The molecule has 0 radical (unpaired) electrons. The van der Waals surface area contributed by atoms with Crippen molar-refractivity contribution >= 4 is 22.0 Å². The van der Waals surface area contributed by atoms with Crippen molar-refractivity contribution in [1.29, 1.82) is 0 Å². The molecule has 1 aromatic rings.